The Morgan fingerprint density at radius 3 is 2.75 bits per heavy atom. The highest BCUT2D eigenvalue weighted by Gasteiger charge is 2.29. The Labute approximate surface area is 170 Å². The summed E-state index contributed by atoms with van der Waals surface area (Å²) >= 11 is 5.30. The van der Waals surface area contributed by atoms with Gasteiger partial charge in [-0.2, -0.15) is 0 Å². The lowest BCUT2D eigenvalue weighted by atomic mass is 10.1. The third kappa shape index (κ3) is 5.41. The zero-order chi connectivity index (χ0) is 19.8. The molecule has 6 heteroatoms. The molecule has 1 N–H and O–H groups in total. The first-order valence-electron chi connectivity index (χ1n) is 9.36. The predicted octanol–water partition coefficient (Wildman–Crippen LogP) is 3.75. The van der Waals surface area contributed by atoms with Crippen LogP contribution in [0.2, 0.25) is 0 Å². The molecule has 0 bridgehead atoms. The summed E-state index contributed by atoms with van der Waals surface area (Å²) in [5, 5.41) is 3.44. The highest BCUT2D eigenvalue weighted by molar-refractivity contribution is 7.80. The molecule has 0 spiro atoms. The second kappa shape index (κ2) is 10.0. The Hall–Kier alpha value is -2.70. The molecule has 1 saturated heterocycles. The van der Waals surface area contributed by atoms with Crippen LogP contribution >= 0.6 is 12.2 Å². The van der Waals surface area contributed by atoms with Gasteiger partial charge in [0.25, 0.3) is 5.91 Å². The first-order valence-corrected chi connectivity index (χ1v) is 9.77. The molecule has 1 heterocycles. The van der Waals surface area contributed by atoms with E-state index in [0.717, 1.165) is 23.3 Å². The Bertz CT molecular complexity index is 852. The number of amides is 1. The number of carbonyl (C=O) groups is 1. The lowest BCUT2D eigenvalue weighted by molar-refractivity contribution is -0.122. The van der Waals surface area contributed by atoms with E-state index < -0.39 is 0 Å². The van der Waals surface area contributed by atoms with Crippen LogP contribution in [0.4, 0.5) is 0 Å². The molecular formula is C22H24N2O3S. The Kier molecular flexibility index (Phi) is 7.17. The molecule has 0 unspecified atom stereocenters. The van der Waals surface area contributed by atoms with Crippen LogP contribution in [-0.2, 0) is 16.1 Å². The second-order valence-corrected chi connectivity index (χ2v) is 6.73. The van der Waals surface area contributed by atoms with Gasteiger partial charge in [0.15, 0.2) is 5.11 Å². The summed E-state index contributed by atoms with van der Waals surface area (Å²) in [5.74, 6) is 0.636. The van der Waals surface area contributed by atoms with Crippen molar-refractivity contribution in [3.8, 4) is 5.75 Å². The van der Waals surface area contributed by atoms with Crippen molar-refractivity contribution in [1.29, 1.82) is 0 Å². The smallest absolute Gasteiger partial charge is 0.276 e. The Balaban J connectivity index is 1.63. The molecule has 1 fully saturated rings. The fraction of sp³-hybridized carbons (Fsp3) is 0.273. The Morgan fingerprint density at radius 1 is 1.14 bits per heavy atom. The highest BCUT2D eigenvalue weighted by Crippen LogP contribution is 2.19. The molecule has 0 saturated carbocycles. The molecule has 28 heavy (non-hydrogen) atoms. The zero-order valence-electron chi connectivity index (χ0n) is 15.9. The van der Waals surface area contributed by atoms with Gasteiger partial charge in [0.1, 0.15) is 18.1 Å². The number of ether oxygens (including phenoxy) is 2. The highest BCUT2D eigenvalue weighted by atomic mass is 32.1. The van der Waals surface area contributed by atoms with Gasteiger partial charge in [-0.3, -0.25) is 9.69 Å². The molecule has 0 radical (unpaired) electrons. The number of nitrogens with zero attached hydrogens (tertiary/aromatic N) is 1. The maximum absolute atomic E-state index is 12.6. The molecule has 1 amide bonds. The third-order valence-electron chi connectivity index (χ3n) is 4.25. The van der Waals surface area contributed by atoms with Crippen LogP contribution in [0.5, 0.6) is 5.75 Å². The van der Waals surface area contributed by atoms with Gasteiger partial charge >= 0.3 is 0 Å². The zero-order valence-corrected chi connectivity index (χ0v) is 16.7. The third-order valence-corrected chi connectivity index (χ3v) is 4.58. The second-order valence-electron chi connectivity index (χ2n) is 6.34. The molecule has 3 rings (SSSR count). The van der Waals surface area contributed by atoms with Crippen molar-refractivity contribution < 1.29 is 14.3 Å². The van der Waals surface area contributed by atoms with Crippen molar-refractivity contribution in [2.24, 2.45) is 0 Å². The van der Waals surface area contributed by atoms with Crippen LogP contribution in [-0.4, -0.2) is 35.7 Å². The average molecular weight is 397 g/mol. The number of hydrogen-bond donors (Lipinski definition) is 1. The number of nitrogens with one attached hydrogen (secondary N) is 1. The minimum Gasteiger partial charge on any atom is -0.489 e. The molecule has 5 nitrogen and oxygen atoms in total. The SMILES string of the molecule is CCOCCCN1C(=O)/C(=C\c2cccc(OCc3ccccc3)c2)NC1=S. The molecule has 2 aromatic carbocycles. The van der Waals surface area contributed by atoms with Gasteiger partial charge in [-0.05, 0) is 54.9 Å². The minimum absolute atomic E-state index is 0.114. The van der Waals surface area contributed by atoms with Gasteiger partial charge < -0.3 is 14.8 Å². The van der Waals surface area contributed by atoms with Crippen molar-refractivity contribution in [3.05, 3.63) is 71.4 Å². The van der Waals surface area contributed by atoms with Crippen LogP contribution in [0.1, 0.15) is 24.5 Å². The fourth-order valence-electron chi connectivity index (χ4n) is 2.85. The fourth-order valence-corrected chi connectivity index (χ4v) is 3.13. The summed E-state index contributed by atoms with van der Waals surface area (Å²) in [6, 6.07) is 17.6. The first-order chi connectivity index (χ1) is 13.7. The van der Waals surface area contributed by atoms with E-state index in [1.807, 2.05) is 61.5 Å². The number of thiocarbonyl (C=S) groups is 1. The van der Waals surface area contributed by atoms with Gasteiger partial charge in [-0.15, -0.1) is 0 Å². The summed E-state index contributed by atoms with van der Waals surface area (Å²) in [6.07, 6.45) is 2.55. The van der Waals surface area contributed by atoms with Crippen molar-refractivity contribution in [2.45, 2.75) is 20.0 Å². The summed E-state index contributed by atoms with van der Waals surface area (Å²) in [5.41, 5.74) is 2.45. The van der Waals surface area contributed by atoms with Crippen LogP contribution in [0, 0.1) is 0 Å². The van der Waals surface area contributed by atoms with Crippen molar-refractivity contribution in [2.75, 3.05) is 19.8 Å². The molecule has 1 aliphatic heterocycles. The summed E-state index contributed by atoms with van der Waals surface area (Å²) in [6.45, 7) is 4.27. The van der Waals surface area contributed by atoms with Gasteiger partial charge in [-0.25, -0.2) is 0 Å². The van der Waals surface area contributed by atoms with E-state index in [4.69, 9.17) is 21.7 Å². The summed E-state index contributed by atoms with van der Waals surface area (Å²) in [7, 11) is 0. The predicted molar refractivity (Wildman–Crippen MR) is 114 cm³/mol. The largest absolute Gasteiger partial charge is 0.489 e. The number of carbonyl (C=O) groups excluding carboxylic acids is 1. The summed E-state index contributed by atoms with van der Waals surface area (Å²) in [4.78, 5) is 14.2. The van der Waals surface area contributed by atoms with E-state index in [0.29, 0.717) is 37.2 Å². The first kappa shape index (κ1) is 20.0. The van der Waals surface area contributed by atoms with Gasteiger partial charge in [-0.1, -0.05) is 42.5 Å². The Morgan fingerprint density at radius 2 is 1.96 bits per heavy atom. The lowest BCUT2D eigenvalue weighted by Crippen LogP contribution is -2.32. The van der Waals surface area contributed by atoms with E-state index in [1.54, 1.807) is 11.0 Å². The van der Waals surface area contributed by atoms with Crippen molar-refractivity contribution >= 4 is 29.3 Å². The number of benzene rings is 2. The molecule has 0 atom stereocenters. The van der Waals surface area contributed by atoms with E-state index in [-0.39, 0.29) is 5.91 Å². The summed E-state index contributed by atoms with van der Waals surface area (Å²) < 4.78 is 11.2. The maximum atomic E-state index is 12.6. The van der Waals surface area contributed by atoms with Gasteiger partial charge in [0.2, 0.25) is 0 Å². The van der Waals surface area contributed by atoms with E-state index in [2.05, 4.69) is 5.32 Å². The van der Waals surface area contributed by atoms with E-state index in [9.17, 15) is 4.79 Å². The topological polar surface area (TPSA) is 50.8 Å². The van der Waals surface area contributed by atoms with E-state index >= 15 is 0 Å². The van der Waals surface area contributed by atoms with Crippen molar-refractivity contribution in [3.63, 3.8) is 0 Å². The van der Waals surface area contributed by atoms with Crippen LogP contribution < -0.4 is 10.1 Å². The van der Waals surface area contributed by atoms with Crippen LogP contribution in [0.15, 0.2) is 60.3 Å². The lowest BCUT2D eigenvalue weighted by Gasteiger charge is -2.13. The van der Waals surface area contributed by atoms with E-state index in [1.165, 1.54) is 0 Å². The normalized spacial score (nSPS) is 15.2. The monoisotopic (exact) mass is 396 g/mol. The molecule has 1 aliphatic rings. The van der Waals surface area contributed by atoms with Gasteiger partial charge in [0.05, 0.1) is 0 Å². The molecule has 0 aromatic heterocycles. The molecular weight excluding hydrogens is 372 g/mol. The van der Waals surface area contributed by atoms with Crippen LogP contribution in [0.25, 0.3) is 6.08 Å². The van der Waals surface area contributed by atoms with Gasteiger partial charge in [0, 0.05) is 19.8 Å². The minimum atomic E-state index is -0.114. The average Bonchev–Trinajstić information content (AvgIpc) is 2.98. The van der Waals surface area contributed by atoms with Crippen molar-refractivity contribution in [1.82, 2.24) is 10.2 Å². The number of hydrogen-bond acceptors (Lipinski definition) is 4. The van der Waals surface area contributed by atoms with Crippen LogP contribution in [0.3, 0.4) is 0 Å². The molecule has 2 aromatic rings. The standard InChI is InChI=1S/C22H24N2O3S/c1-2-26-13-7-12-24-21(25)20(23-22(24)28)15-18-10-6-11-19(14-18)27-16-17-8-4-3-5-9-17/h3-6,8-11,14-15H,2,7,12-13,16H2,1H3,(H,23,28)/b20-15+. The molecule has 146 valence electrons. The number of rotatable bonds is 9. The maximum Gasteiger partial charge on any atom is 0.276 e. The molecule has 0 aliphatic carbocycles. The quantitative estimate of drug-likeness (QED) is 0.397.